The lowest BCUT2D eigenvalue weighted by Crippen LogP contribution is -2.45. The maximum atomic E-state index is 5.81. The molecule has 2 heteroatoms. The molecule has 1 aromatic rings. The molecule has 0 saturated carbocycles. The van der Waals surface area contributed by atoms with Crippen molar-refractivity contribution >= 4 is 0 Å². The van der Waals surface area contributed by atoms with E-state index in [4.69, 9.17) is 5.73 Å². The molecule has 1 aromatic carbocycles. The highest BCUT2D eigenvalue weighted by Gasteiger charge is 2.23. The van der Waals surface area contributed by atoms with Gasteiger partial charge in [0.1, 0.15) is 0 Å². The second-order valence-electron chi connectivity index (χ2n) is 6.17. The molecule has 18 heavy (non-hydrogen) atoms. The minimum atomic E-state index is 0.133. The molecule has 0 aliphatic rings. The van der Waals surface area contributed by atoms with Crippen LogP contribution in [0.5, 0.6) is 0 Å². The second kappa shape index (κ2) is 6.35. The summed E-state index contributed by atoms with van der Waals surface area (Å²) in [5.74, 6) is 0.572. The molecule has 1 atom stereocenters. The summed E-state index contributed by atoms with van der Waals surface area (Å²) in [6, 6.07) is 9.02. The molecule has 2 nitrogen and oxygen atoms in total. The summed E-state index contributed by atoms with van der Waals surface area (Å²) in [5, 5.41) is 3.61. The lowest BCUT2D eigenvalue weighted by molar-refractivity contribution is 0.360. The first-order chi connectivity index (χ1) is 8.38. The van der Waals surface area contributed by atoms with Gasteiger partial charge in [0.2, 0.25) is 0 Å². The minimum absolute atomic E-state index is 0.133. The molecular formula is C16H28N2. The molecule has 0 aromatic heterocycles. The number of nitrogens with one attached hydrogen (secondary N) is 1. The van der Waals surface area contributed by atoms with Crippen molar-refractivity contribution in [1.29, 1.82) is 0 Å². The van der Waals surface area contributed by atoms with Crippen LogP contribution in [-0.2, 0) is 5.41 Å². The van der Waals surface area contributed by atoms with Gasteiger partial charge in [-0.2, -0.15) is 0 Å². The number of hydrogen-bond donors (Lipinski definition) is 2. The molecule has 0 aliphatic carbocycles. The van der Waals surface area contributed by atoms with Crippen molar-refractivity contribution in [1.82, 2.24) is 5.32 Å². The Hall–Kier alpha value is -0.860. The summed E-state index contributed by atoms with van der Waals surface area (Å²) in [4.78, 5) is 0. The Balaban J connectivity index is 2.73. The van der Waals surface area contributed by atoms with Crippen molar-refractivity contribution in [3.05, 3.63) is 35.4 Å². The third-order valence-electron chi connectivity index (χ3n) is 3.74. The fourth-order valence-corrected chi connectivity index (χ4v) is 2.40. The first kappa shape index (κ1) is 15.2. The number of aryl methyl sites for hydroxylation is 1. The molecule has 0 heterocycles. The van der Waals surface area contributed by atoms with Gasteiger partial charge in [-0.3, -0.25) is 0 Å². The van der Waals surface area contributed by atoms with Gasteiger partial charge in [-0.25, -0.2) is 0 Å². The Morgan fingerprint density at radius 3 is 2.33 bits per heavy atom. The van der Waals surface area contributed by atoms with Crippen LogP contribution in [0.2, 0.25) is 0 Å². The van der Waals surface area contributed by atoms with Crippen molar-refractivity contribution in [2.45, 2.75) is 46.1 Å². The highest BCUT2D eigenvalue weighted by Crippen LogP contribution is 2.25. The largest absolute Gasteiger partial charge is 0.329 e. The van der Waals surface area contributed by atoms with Gasteiger partial charge in [0.25, 0.3) is 0 Å². The van der Waals surface area contributed by atoms with E-state index < -0.39 is 0 Å². The fraction of sp³-hybridized carbons (Fsp3) is 0.625. The third-order valence-corrected chi connectivity index (χ3v) is 3.74. The maximum Gasteiger partial charge on any atom is 0.0213 e. The summed E-state index contributed by atoms with van der Waals surface area (Å²) in [6.45, 7) is 12.8. The number of hydrogen-bond acceptors (Lipinski definition) is 2. The summed E-state index contributed by atoms with van der Waals surface area (Å²) in [7, 11) is 0. The minimum Gasteiger partial charge on any atom is -0.329 e. The zero-order valence-corrected chi connectivity index (χ0v) is 12.5. The molecule has 0 fully saturated rings. The summed E-state index contributed by atoms with van der Waals surface area (Å²) >= 11 is 0. The fourth-order valence-electron chi connectivity index (χ4n) is 2.40. The molecule has 0 amide bonds. The van der Waals surface area contributed by atoms with Gasteiger partial charge in [0.15, 0.2) is 0 Å². The Labute approximate surface area is 112 Å². The van der Waals surface area contributed by atoms with Crippen molar-refractivity contribution in [3.8, 4) is 0 Å². The monoisotopic (exact) mass is 248 g/mol. The van der Waals surface area contributed by atoms with Gasteiger partial charge < -0.3 is 11.1 Å². The van der Waals surface area contributed by atoms with Crippen LogP contribution >= 0.6 is 0 Å². The van der Waals surface area contributed by atoms with Crippen molar-refractivity contribution < 1.29 is 0 Å². The Morgan fingerprint density at radius 2 is 1.83 bits per heavy atom. The second-order valence-corrected chi connectivity index (χ2v) is 6.17. The molecule has 0 saturated heterocycles. The van der Waals surface area contributed by atoms with Crippen LogP contribution in [0.15, 0.2) is 24.3 Å². The summed E-state index contributed by atoms with van der Waals surface area (Å²) in [6.07, 6.45) is 0. The van der Waals surface area contributed by atoms with Gasteiger partial charge in [-0.05, 0) is 24.0 Å². The van der Waals surface area contributed by atoms with Gasteiger partial charge >= 0.3 is 0 Å². The van der Waals surface area contributed by atoms with Gasteiger partial charge in [0.05, 0.1) is 0 Å². The normalized spacial score (nSPS) is 13.9. The van der Waals surface area contributed by atoms with Crippen LogP contribution in [0.4, 0.5) is 0 Å². The van der Waals surface area contributed by atoms with E-state index in [0.29, 0.717) is 18.5 Å². The van der Waals surface area contributed by atoms with E-state index in [0.717, 1.165) is 6.54 Å². The van der Waals surface area contributed by atoms with Crippen LogP contribution in [0, 0.1) is 12.8 Å². The molecular weight excluding hydrogens is 220 g/mol. The lowest BCUT2D eigenvalue weighted by Gasteiger charge is -2.31. The van der Waals surface area contributed by atoms with Crippen LogP contribution in [0.1, 0.15) is 38.8 Å². The topological polar surface area (TPSA) is 38.0 Å². The highest BCUT2D eigenvalue weighted by molar-refractivity contribution is 5.32. The molecule has 102 valence electrons. The maximum absolute atomic E-state index is 5.81. The number of rotatable bonds is 6. The van der Waals surface area contributed by atoms with E-state index in [1.54, 1.807) is 0 Å². The van der Waals surface area contributed by atoms with E-state index in [9.17, 15) is 0 Å². The van der Waals surface area contributed by atoms with Gasteiger partial charge in [-0.15, -0.1) is 0 Å². The molecule has 0 radical (unpaired) electrons. The van der Waals surface area contributed by atoms with Crippen molar-refractivity contribution in [2.24, 2.45) is 11.7 Å². The molecule has 1 rings (SSSR count). The first-order valence-electron chi connectivity index (χ1n) is 6.88. The van der Waals surface area contributed by atoms with Gasteiger partial charge in [-0.1, -0.05) is 52.0 Å². The Bertz CT molecular complexity index is 369. The number of benzene rings is 1. The molecule has 1 unspecified atom stereocenters. The quantitative estimate of drug-likeness (QED) is 0.812. The number of nitrogens with two attached hydrogens (primary N) is 1. The molecule has 0 spiro atoms. The highest BCUT2D eigenvalue weighted by atomic mass is 14.9. The third kappa shape index (κ3) is 3.82. The van der Waals surface area contributed by atoms with E-state index in [1.165, 1.54) is 11.1 Å². The SMILES string of the molecule is Cc1ccccc1C(C)(C)CNC(CN)C(C)C. The van der Waals surface area contributed by atoms with Crippen LogP contribution in [0.25, 0.3) is 0 Å². The zero-order valence-electron chi connectivity index (χ0n) is 12.5. The smallest absolute Gasteiger partial charge is 0.0213 e. The Morgan fingerprint density at radius 1 is 1.22 bits per heavy atom. The summed E-state index contributed by atoms with van der Waals surface area (Å²) in [5.41, 5.74) is 8.72. The van der Waals surface area contributed by atoms with Crippen LogP contribution in [0.3, 0.4) is 0 Å². The first-order valence-corrected chi connectivity index (χ1v) is 6.88. The standard InChI is InChI=1S/C16H28N2/c1-12(2)15(10-17)18-11-16(4,5)14-9-7-6-8-13(14)3/h6-9,12,15,18H,10-11,17H2,1-5H3. The summed E-state index contributed by atoms with van der Waals surface area (Å²) < 4.78 is 0. The van der Waals surface area contributed by atoms with E-state index in [1.807, 2.05) is 0 Å². The molecule has 0 aliphatic heterocycles. The van der Waals surface area contributed by atoms with Crippen molar-refractivity contribution in [3.63, 3.8) is 0 Å². The average molecular weight is 248 g/mol. The predicted octanol–water partition coefficient (Wildman–Crippen LogP) is 2.85. The lowest BCUT2D eigenvalue weighted by atomic mass is 9.81. The average Bonchev–Trinajstić information content (AvgIpc) is 2.29. The Kier molecular flexibility index (Phi) is 5.36. The molecule has 0 bridgehead atoms. The molecule has 3 N–H and O–H groups in total. The van der Waals surface area contributed by atoms with Crippen LogP contribution in [-0.4, -0.2) is 19.1 Å². The van der Waals surface area contributed by atoms with E-state index >= 15 is 0 Å². The van der Waals surface area contributed by atoms with Gasteiger partial charge in [0, 0.05) is 24.5 Å². The van der Waals surface area contributed by atoms with E-state index in [-0.39, 0.29) is 5.41 Å². The van der Waals surface area contributed by atoms with E-state index in [2.05, 4.69) is 64.2 Å². The van der Waals surface area contributed by atoms with Crippen molar-refractivity contribution in [2.75, 3.05) is 13.1 Å². The zero-order chi connectivity index (χ0) is 13.8. The predicted molar refractivity (Wildman–Crippen MR) is 79.9 cm³/mol. The van der Waals surface area contributed by atoms with Crippen LogP contribution < -0.4 is 11.1 Å².